The van der Waals surface area contributed by atoms with E-state index < -0.39 is 0 Å². The first-order chi connectivity index (χ1) is 14.1. The molecule has 3 rings (SSSR count). The van der Waals surface area contributed by atoms with E-state index in [0.29, 0.717) is 23.1 Å². The Hall–Kier alpha value is -2.26. The number of carbonyl (C=O) groups is 2. The smallest absolute Gasteiger partial charge is 0.305 e. The summed E-state index contributed by atoms with van der Waals surface area (Å²) in [4.78, 5) is 25.5. The van der Waals surface area contributed by atoms with Gasteiger partial charge in [0.1, 0.15) is 0 Å². The second kappa shape index (κ2) is 10.5. The maximum absolute atomic E-state index is 12.2. The summed E-state index contributed by atoms with van der Waals surface area (Å²) >= 11 is 7.51. The summed E-state index contributed by atoms with van der Waals surface area (Å²) in [5, 5.41) is 12.8. The van der Waals surface area contributed by atoms with Crippen molar-refractivity contribution in [1.82, 2.24) is 20.1 Å². The van der Waals surface area contributed by atoms with Gasteiger partial charge in [0, 0.05) is 31.1 Å². The molecule has 0 unspecified atom stereocenters. The fraction of sp³-hybridized carbons (Fsp3) is 0.474. The summed E-state index contributed by atoms with van der Waals surface area (Å²) in [5.74, 6) is 0.573. The van der Waals surface area contributed by atoms with Crippen LogP contribution in [0.2, 0.25) is 5.02 Å². The number of hydrogen-bond donors (Lipinski definition) is 1. The number of nitrogens with one attached hydrogen (secondary N) is 1. The molecule has 1 aromatic heterocycles. The van der Waals surface area contributed by atoms with Crippen LogP contribution in [0.4, 0.5) is 5.95 Å². The second-order valence-corrected chi connectivity index (χ2v) is 7.99. The summed E-state index contributed by atoms with van der Waals surface area (Å²) in [6, 6.07) is 7.51. The van der Waals surface area contributed by atoms with Crippen LogP contribution in [0.1, 0.15) is 25.7 Å². The first-order valence-corrected chi connectivity index (χ1v) is 10.9. The molecule has 0 atom stereocenters. The number of thioether (sulfide) groups is 1. The summed E-state index contributed by atoms with van der Waals surface area (Å²) < 4.78 is 6.53. The molecular weight excluding hydrogens is 414 g/mol. The van der Waals surface area contributed by atoms with E-state index in [-0.39, 0.29) is 24.1 Å². The minimum atomic E-state index is -0.280. The third kappa shape index (κ3) is 5.86. The Balaban J connectivity index is 1.66. The van der Waals surface area contributed by atoms with Gasteiger partial charge in [-0.3, -0.25) is 14.2 Å². The van der Waals surface area contributed by atoms with Crippen LogP contribution in [0.15, 0.2) is 29.4 Å². The van der Waals surface area contributed by atoms with E-state index >= 15 is 0 Å². The Kier molecular flexibility index (Phi) is 7.76. The Morgan fingerprint density at radius 2 is 2.07 bits per heavy atom. The minimum absolute atomic E-state index is 0.122. The van der Waals surface area contributed by atoms with Crippen LogP contribution >= 0.6 is 23.4 Å². The lowest BCUT2D eigenvalue weighted by molar-refractivity contribution is -0.140. The van der Waals surface area contributed by atoms with Crippen molar-refractivity contribution < 1.29 is 14.3 Å². The number of methoxy groups -OCH3 is 1. The van der Waals surface area contributed by atoms with E-state index in [9.17, 15) is 9.59 Å². The van der Waals surface area contributed by atoms with Gasteiger partial charge in [0.15, 0.2) is 5.16 Å². The maximum atomic E-state index is 12.2. The Labute approximate surface area is 178 Å². The molecule has 10 heteroatoms. The molecule has 0 bridgehead atoms. The van der Waals surface area contributed by atoms with Crippen molar-refractivity contribution in [1.29, 1.82) is 0 Å². The number of aromatic nitrogens is 3. The zero-order valence-corrected chi connectivity index (χ0v) is 17.8. The average Bonchev–Trinajstić information content (AvgIpc) is 3.38. The minimum Gasteiger partial charge on any atom is -0.469 e. The zero-order valence-electron chi connectivity index (χ0n) is 16.3. The first kappa shape index (κ1) is 21.4. The van der Waals surface area contributed by atoms with Crippen LogP contribution in [0.5, 0.6) is 0 Å². The van der Waals surface area contributed by atoms with Crippen LogP contribution in [0.3, 0.4) is 0 Å². The van der Waals surface area contributed by atoms with E-state index in [1.807, 2.05) is 28.8 Å². The van der Waals surface area contributed by atoms with Crippen molar-refractivity contribution >= 4 is 41.2 Å². The van der Waals surface area contributed by atoms with Crippen LogP contribution < -0.4 is 10.2 Å². The lowest BCUT2D eigenvalue weighted by Crippen LogP contribution is -2.26. The Morgan fingerprint density at radius 1 is 1.28 bits per heavy atom. The molecule has 1 fully saturated rings. The monoisotopic (exact) mass is 437 g/mol. The highest BCUT2D eigenvalue weighted by Crippen LogP contribution is 2.29. The number of hydrogen-bond acceptors (Lipinski definition) is 7. The molecule has 1 aliphatic heterocycles. The normalized spacial score (nSPS) is 13.5. The van der Waals surface area contributed by atoms with Crippen molar-refractivity contribution in [3.05, 3.63) is 29.3 Å². The summed E-state index contributed by atoms with van der Waals surface area (Å²) in [6.45, 7) is 2.29. The van der Waals surface area contributed by atoms with Crippen LogP contribution in [0, 0.1) is 0 Å². The number of amides is 1. The molecule has 2 aromatic rings. The van der Waals surface area contributed by atoms with E-state index in [4.69, 9.17) is 11.6 Å². The van der Waals surface area contributed by atoms with E-state index in [1.54, 1.807) is 0 Å². The van der Waals surface area contributed by atoms with Crippen molar-refractivity contribution in [2.24, 2.45) is 0 Å². The molecule has 0 aliphatic carbocycles. The fourth-order valence-corrected chi connectivity index (χ4v) is 4.02. The number of ether oxygens (including phenoxy) is 1. The van der Waals surface area contributed by atoms with Crippen LogP contribution in [-0.2, 0) is 14.3 Å². The molecule has 1 aromatic carbocycles. The van der Waals surface area contributed by atoms with Crippen molar-refractivity contribution in [3.8, 4) is 5.69 Å². The number of nitrogens with zero attached hydrogens (tertiary/aromatic N) is 4. The third-order valence-electron chi connectivity index (χ3n) is 4.51. The van der Waals surface area contributed by atoms with Gasteiger partial charge in [-0.2, -0.15) is 0 Å². The van der Waals surface area contributed by atoms with Crippen LogP contribution in [0.25, 0.3) is 5.69 Å². The summed E-state index contributed by atoms with van der Waals surface area (Å²) in [5.41, 5.74) is 0.866. The highest BCUT2D eigenvalue weighted by atomic mass is 35.5. The third-order valence-corrected chi connectivity index (χ3v) is 5.68. The van der Waals surface area contributed by atoms with Gasteiger partial charge in [0.2, 0.25) is 11.9 Å². The van der Waals surface area contributed by atoms with Crippen molar-refractivity contribution in [3.63, 3.8) is 0 Å². The number of esters is 1. The molecule has 1 N–H and O–H groups in total. The maximum Gasteiger partial charge on any atom is 0.305 e. The molecule has 0 spiro atoms. The largest absolute Gasteiger partial charge is 0.469 e. The second-order valence-electron chi connectivity index (χ2n) is 6.61. The van der Waals surface area contributed by atoms with Crippen LogP contribution in [-0.4, -0.2) is 59.1 Å². The topological polar surface area (TPSA) is 89.3 Å². The molecule has 1 saturated heterocycles. The quantitative estimate of drug-likeness (QED) is 0.366. The van der Waals surface area contributed by atoms with Gasteiger partial charge >= 0.3 is 5.97 Å². The standard InChI is InChI=1S/C19H24ClN5O3S/c1-28-17(27)8-5-9-21-16(26)13-29-19-23-22-18(24-10-2-3-11-24)25(19)15-7-4-6-14(20)12-15/h4,6-7,12H,2-3,5,8-11,13H2,1H3,(H,21,26). The molecular formula is C19H24ClN5O3S. The van der Waals surface area contributed by atoms with Gasteiger partial charge in [-0.15, -0.1) is 10.2 Å². The Bertz CT molecular complexity index is 854. The lowest BCUT2D eigenvalue weighted by atomic mass is 10.3. The lowest BCUT2D eigenvalue weighted by Gasteiger charge is -2.18. The summed E-state index contributed by atoms with van der Waals surface area (Å²) in [6.07, 6.45) is 3.07. The molecule has 1 aliphatic rings. The predicted octanol–water partition coefficient (Wildman–Crippen LogP) is 2.68. The van der Waals surface area contributed by atoms with Gasteiger partial charge in [-0.05, 0) is 37.5 Å². The molecule has 156 valence electrons. The molecule has 0 saturated carbocycles. The number of halogens is 1. The number of carbonyl (C=O) groups excluding carboxylic acids is 2. The molecule has 29 heavy (non-hydrogen) atoms. The number of anilines is 1. The van der Waals surface area contributed by atoms with Gasteiger partial charge in [0.25, 0.3) is 0 Å². The Morgan fingerprint density at radius 3 is 2.79 bits per heavy atom. The summed E-state index contributed by atoms with van der Waals surface area (Å²) in [7, 11) is 1.35. The predicted molar refractivity (Wildman–Crippen MR) is 113 cm³/mol. The van der Waals surface area contributed by atoms with Gasteiger partial charge in [-0.25, -0.2) is 0 Å². The highest BCUT2D eigenvalue weighted by Gasteiger charge is 2.23. The van der Waals surface area contributed by atoms with Gasteiger partial charge in [-0.1, -0.05) is 29.4 Å². The number of benzene rings is 1. The van der Waals surface area contributed by atoms with Crippen molar-refractivity contribution in [2.45, 2.75) is 30.8 Å². The van der Waals surface area contributed by atoms with Crippen molar-refractivity contribution in [2.75, 3.05) is 37.4 Å². The number of rotatable bonds is 9. The van der Waals surface area contributed by atoms with E-state index in [1.165, 1.54) is 18.9 Å². The molecule has 2 heterocycles. The average molecular weight is 438 g/mol. The molecule has 0 radical (unpaired) electrons. The first-order valence-electron chi connectivity index (χ1n) is 9.51. The van der Waals surface area contributed by atoms with E-state index in [2.05, 4.69) is 25.2 Å². The fourth-order valence-electron chi connectivity index (χ4n) is 3.06. The SMILES string of the molecule is COC(=O)CCCNC(=O)CSc1nnc(N2CCCC2)n1-c1cccc(Cl)c1. The molecule has 8 nitrogen and oxygen atoms in total. The highest BCUT2D eigenvalue weighted by molar-refractivity contribution is 7.99. The van der Waals surface area contributed by atoms with E-state index in [0.717, 1.165) is 37.6 Å². The molecule has 1 amide bonds. The van der Waals surface area contributed by atoms with Gasteiger partial charge < -0.3 is 15.0 Å². The zero-order chi connectivity index (χ0) is 20.6. The van der Waals surface area contributed by atoms with Gasteiger partial charge in [0.05, 0.1) is 18.6 Å².